The minimum Gasteiger partial charge on any atom is -0.497 e. The summed E-state index contributed by atoms with van der Waals surface area (Å²) in [5, 5.41) is 11.9. The summed E-state index contributed by atoms with van der Waals surface area (Å²) in [7, 11) is 1.59. The fraction of sp³-hybridized carbons (Fsp3) is 0.556. The Hall–Kier alpha value is -2.28. The van der Waals surface area contributed by atoms with Crippen LogP contribution >= 0.6 is 0 Å². The number of aliphatic hydroxyl groups is 1. The highest BCUT2D eigenvalue weighted by Gasteiger charge is 2.42. The van der Waals surface area contributed by atoms with Crippen molar-refractivity contribution in [1.82, 2.24) is 10.2 Å². The fourth-order valence-corrected chi connectivity index (χ4v) is 2.87. The molecular formula is C18H26N2O5. The van der Waals surface area contributed by atoms with Crippen molar-refractivity contribution in [2.24, 2.45) is 0 Å². The van der Waals surface area contributed by atoms with Gasteiger partial charge in [-0.15, -0.1) is 0 Å². The van der Waals surface area contributed by atoms with Crippen LogP contribution in [0.4, 0.5) is 4.79 Å². The third-order valence-corrected chi connectivity index (χ3v) is 3.98. The largest absolute Gasteiger partial charge is 0.497 e. The zero-order chi connectivity index (χ0) is 18.6. The summed E-state index contributed by atoms with van der Waals surface area (Å²) in [6.45, 7) is 5.83. The monoisotopic (exact) mass is 350 g/mol. The minimum atomic E-state index is -0.727. The molecule has 1 saturated heterocycles. The van der Waals surface area contributed by atoms with Crippen LogP contribution in [-0.4, -0.2) is 60.5 Å². The highest BCUT2D eigenvalue weighted by Crippen LogP contribution is 2.30. The first-order valence-corrected chi connectivity index (χ1v) is 8.28. The number of likely N-dealkylation sites (tertiary alicyclic amines) is 1. The van der Waals surface area contributed by atoms with E-state index >= 15 is 0 Å². The molecule has 0 aromatic heterocycles. The fourth-order valence-electron chi connectivity index (χ4n) is 2.87. The van der Waals surface area contributed by atoms with Gasteiger partial charge in [-0.2, -0.15) is 0 Å². The number of benzene rings is 1. The number of ether oxygens (including phenoxy) is 2. The lowest BCUT2D eigenvalue weighted by atomic mass is 9.94. The van der Waals surface area contributed by atoms with Gasteiger partial charge in [0.2, 0.25) is 5.91 Å². The van der Waals surface area contributed by atoms with E-state index in [1.807, 2.05) is 24.3 Å². The quantitative estimate of drug-likeness (QED) is 0.840. The van der Waals surface area contributed by atoms with Crippen molar-refractivity contribution in [3.8, 4) is 5.75 Å². The van der Waals surface area contributed by atoms with Crippen LogP contribution in [0.3, 0.4) is 0 Å². The predicted octanol–water partition coefficient (Wildman–Crippen LogP) is 1.51. The van der Waals surface area contributed by atoms with Gasteiger partial charge in [-0.1, -0.05) is 12.1 Å². The van der Waals surface area contributed by atoms with Crippen LogP contribution in [0, 0.1) is 0 Å². The van der Waals surface area contributed by atoms with Crippen molar-refractivity contribution < 1.29 is 24.2 Å². The van der Waals surface area contributed by atoms with Gasteiger partial charge >= 0.3 is 6.09 Å². The number of hydrogen-bond acceptors (Lipinski definition) is 5. The summed E-state index contributed by atoms with van der Waals surface area (Å²) < 4.78 is 10.4. The second kappa shape index (κ2) is 7.74. The average molecular weight is 350 g/mol. The summed E-state index contributed by atoms with van der Waals surface area (Å²) in [6, 6.07) is 6.67. The first-order chi connectivity index (χ1) is 11.7. The molecule has 1 aromatic rings. The van der Waals surface area contributed by atoms with E-state index in [-0.39, 0.29) is 25.0 Å². The summed E-state index contributed by atoms with van der Waals surface area (Å²) in [5.74, 6) is 0.273. The molecule has 1 aliphatic rings. The first kappa shape index (κ1) is 19.1. The molecule has 138 valence electrons. The van der Waals surface area contributed by atoms with E-state index in [0.717, 1.165) is 11.3 Å². The number of β-amino-alcohol motifs (C(OH)–C–C–N with tert-alkyl or cyclic N) is 1. The molecule has 2 atom stereocenters. The minimum absolute atomic E-state index is 0.125. The van der Waals surface area contributed by atoms with E-state index in [4.69, 9.17) is 14.6 Å². The van der Waals surface area contributed by atoms with Gasteiger partial charge in [0.05, 0.1) is 13.7 Å². The number of nitrogens with one attached hydrogen (secondary N) is 1. The molecule has 2 rings (SSSR count). The lowest BCUT2D eigenvalue weighted by Crippen LogP contribution is -2.45. The van der Waals surface area contributed by atoms with Crippen LogP contribution in [0.1, 0.15) is 32.3 Å². The Morgan fingerprint density at radius 2 is 1.96 bits per heavy atom. The summed E-state index contributed by atoms with van der Waals surface area (Å²) in [5.41, 5.74) is 0.266. The Balaban J connectivity index is 2.21. The maximum atomic E-state index is 12.6. The van der Waals surface area contributed by atoms with Gasteiger partial charge < -0.3 is 24.8 Å². The summed E-state index contributed by atoms with van der Waals surface area (Å²) >= 11 is 0. The number of carbonyl (C=O) groups excluding carboxylic acids is 2. The first-order valence-electron chi connectivity index (χ1n) is 8.28. The van der Waals surface area contributed by atoms with Crippen LogP contribution in [0.25, 0.3) is 0 Å². The molecular weight excluding hydrogens is 324 g/mol. The van der Waals surface area contributed by atoms with E-state index < -0.39 is 17.7 Å². The lowest BCUT2D eigenvalue weighted by molar-refractivity contribution is -0.129. The predicted molar refractivity (Wildman–Crippen MR) is 92.6 cm³/mol. The average Bonchev–Trinajstić information content (AvgIpc) is 2.83. The molecule has 1 heterocycles. The van der Waals surface area contributed by atoms with Crippen molar-refractivity contribution in [3.05, 3.63) is 29.8 Å². The number of carbonyl (C=O) groups is 2. The molecule has 7 heteroatoms. The van der Waals surface area contributed by atoms with Crippen LogP contribution in [0.15, 0.2) is 24.3 Å². The molecule has 1 aliphatic heterocycles. The van der Waals surface area contributed by atoms with Gasteiger partial charge in [-0.05, 0) is 38.5 Å². The van der Waals surface area contributed by atoms with Gasteiger partial charge in [0.25, 0.3) is 0 Å². The molecule has 25 heavy (non-hydrogen) atoms. The number of alkyl carbamates (subject to hydrolysis) is 1. The molecule has 0 bridgehead atoms. The van der Waals surface area contributed by atoms with Gasteiger partial charge in [0.15, 0.2) is 0 Å². The molecule has 0 radical (unpaired) electrons. The Bertz CT molecular complexity index is 609. The Morgan fingerprint density at radius 3 is 2.48 bits per heavy atom. The topological polar surface area (TPSA) is 88.1 Å². The van der Waals surface area contributed by atoms with Crippen molar-refractivity contribution in [2.45, 2.75) is 38.3 Å². The second-order valence-electron chi connectivity index (χ2n) is 7.01. The highest BCUT2D eigenvalue weighted by molar-refractivity contribution is 5.89. The van der Waals surface area contributed by atoms with Crippen molar-refractivity contribution in [2.75, 3.05) is 26.8 Å². The molecule has 2 unspecified atom stereocenters. The summed E-state index contributed by atoms with van der Waals surface area (Å²) in [6.07, 6.45) is -0.629. The molecule has 0 saturated carbocycles. The standard InChI is InChI=1S/C18H26N2O5/c1-18(2,3)25-17(23)19-15-14(11-20(9-10-21)16(15)22)12-5-7-13(24-4)8-6-12/h5-8,14-15,21H,9-11H2,1-4H3,(H,19,23). The molecule has 7 nitrogen and oxygen atoms in total. The Kier molecular flexibility index (Phi) is 5.89. The number of rotatable bonds is 5. The number of aliphatic hydroxyl groups excluding tert-OH is 1. The summed E-state index contributed by atoms with van der Waals surface area (Å²) in [4.78, 5) is 26.3. The number of methoxy groups -OCH3 is 1. The van der Waals surface area contributed by atoms with E-state index in [0.29, 0.717) is 6.54 Å². The molecule has 0 aliphatic carbocycles. The molecule has 2 amide bonds. The molecule has 0 spiro atoms. The van der Waals surface area contributed by atoms with Gasteiger partial charge in [-0.3, -0.25) is 4.79 Å². The van der Waals surface area contributed by atoms with E-state index in [9.17, 15) is 9.59 Å². The van der Waals surface area contributed by atoms with E-state index in [1.165, 1.54) is 0 Å². The third-order valence-electron chi connectivity index (χ3n) is 3.98. The van der Waals surface area contributed by atoms with Crippen molar-refractivity contribution in [3.63, 3.8) is 0 Å². The van der Waals surface area contributed by atoms with Crippen LogP contribution in [-0.2, 0) is 9.53 Å². The second-order valence-corrected chi connectivity index (χ2v) is 7.01. The van der Waals surface area contributed by atoms with Crippen LogP contribution in [0.5, 0.6) is 5.75 Å². The Labute approximate surface area is 147 Å². The van der Waals surface area contributed by atoms with Gasteiger partial charge in [0, 0.05) is 19.0 Å². The maximum Gasteiger partial charge on any atom is 0.408 e. The van der Waals surface area contributed by atoms with Crippen LogP contribution in [0.2, 0.25) is 0 Å². The van der Waals surface area contributed by atoms with Gasteiger partial charge in [0.1, 0.15) is 17.4 Å². The smallest absolute Gasteiger partial charge is 0.408 e. The third kappa shape index (κ3) is 4.85. The maximum absolute atomic E-state index is 12.6. The van der Waals surface area contributed by atoms with Crippen LogP contribution < -0.4 is 10.1 Å². The molecule has 1 aromatic carbocycles. The van der Waals surface area contributed by atoms with E-state index in [1.54, 1.807) is 32.8 Å². The van der Waals surface area contributed by atoms with E-state index in [2.05, 4.69) is 5.32 Å². The van der Waals surface area contributed by atoms with Crippen molar-refractivity contribution >= 4 is 12.0 Å². The number of hydrogen-bond donors (Lipinski definition) is 2. The highest BCUT2D eigenvalue weighted by atomic mass is 16.6. The SMILES string of the molecule is COc1ccc(C2CN(CCO)C(=O)C2NC(=O)OC(C)(C)C)cc1. The number of amides is 2. The Morgan fingerprint density at radius 1 is 1.32 bits per heavy atom. The zero-order valence-electron chi connectivity index (χ0n) is 15.1. The molecule has 1 fully saturated rings. The molecule has 2 N–H and O–H groups in total. The van der Waals surface area contributed by atoms with Crippen molar-refractivity contribution in [1.29, 1.82) is 0 Å². The normalized spacial score (nSPS) is 20.5. The number of nitrogens with zero attached hydrogens (tertiary/aromatic N) is 1. The van der Waals surface area contributed by atoms with Gasteiger partial charge in [-0.25, -0.2) is 4.79 Å². The lowest BCUT2D eigenvalue weighted by Gasteiger charge is -2.23. The zero-order valence-corrected chi connectivity index (χ0v) is 15.1.